The molecule has 100 valence electrons. The summed E-state index contributed by atoms with van der Waals surface area (Å²) in [5, 5.41) is 6.96. The lowest BCUT2D eigenvalue weighted by molar-refractivity contribution is 0.165. The van der Waals surface area contributed by atoms with Crippen LogP contribution in [0.1, 0.15) is 58.8 Å². The SMILES string of the molecule is CC1(CCCC2(C)CCNCC2)CCNCC1. The zero-order valence-corrected chi connectivity index (χ0v) is 11.8. The summed E-state index contributed by atoms with van der Waals surface area (Å²) >= 11 is 0. The summed E-state index contributed by atoms with van der Waals surface area (Å²) in [6.07, 6.45) is 9.84. The van der Waals surface area contributed by atoms with Crippen molar-refractivity contribution in [2.24, 2.45) is 10.8 Å². The number of nitrogens with one attached hydrogen (secondary N) is 2. The lowest BCUT2D eigenvalue weighted by atomic mass is 9.72. The Labute approximate surface area is 107 Å². The molecule has 0 spiro atoms. The van der Waals surface area contributed by atoms with Crippen LogP contribution >= 0.6 is 0 Å². The van der Waals surface area contributed by atoms with Crippen LogP contribution in [0.25, 0.3) is 0 Å². The Hall–Kier alpha value is -0.0800. The first-order valence-electron chi connectivity index (χ1n) is 7.54. The van der Waals surface area contributed by atoms with Gasteiger partial charge in [-0.25, -0.2) is 0 Å². The van der Waals surface area contributed by atoms with Gasteiger partial charge >= 0.3 is 0 Å². The van der Waals surface area contributed by atoms with Gasteiger partial charge in [0.2, 0.25) is 0 Å². The number of piperidine rings is 2. The van der Waals surface area contributed by atoms with Gasteiger partial charge in [-0.1, -0.05) is 20.3 Å². The Kier molecular flexibility index (Phi) is 4.48. The van der Waals surface area contributed by atoms with Crippen molar-refractivity contribution in [1.29, 1.82) is 0 Å². The van der Waals surface area contributed by atoms with Gasteiger partial charge in [-0.05, 0) is 75.5 Å². The summed E-state index contributed by atoms with van der Waals surface area (Å²) in [4.78, 5) is 0. The van der Waals surface area contributed by atoms with Gasteiger partial charge in [-0.2, -0.15) is 0 Å². The van der Waals surface area contributed by atoms with Crippen LogP contribution in [-0.4, -0.2) is 26.2 Å². The molecule has 2 N–H and O–H groups in total. The van der Waals surface area contributed by atoms with Crippen LogP contribution in [-0.2, 0) is 0 Å². The molecule has 2 aliphatic heterocycles. The monoisotopic (exact) mass is 238 g/mol. The van der Waals surface area contributed by atoms with E-state index in [0.717, 1.165) is 0 Å². The summed E-state index contributed by atoms with van der Waals surface area (Å²) in [5.41, 5.74) is 1.27. The maximum Gasteiger partial charge on any atom is -0.00437 e. The van der Waals surface area contributed by atoms with Gasteiger partial charge in [0.15, 0.2) is 0 Å². The highest BCUT2D eigenvalue weighted by Gasteiger charge is 2.29. The third kappa shape index (κ3) is 3.96. The molecule has 17 heavy (non-hydrogen) atoms. The van der Waals surface area contributed by atoms with Crippen LogP contribution in [0, 0.1) is 10.8 Å². The molecule has 2 fully saturated rings. The van der Waals surface area contributed by atoms with Crippen molar-refractivity contribution in [1.82, 2.24) is 10.6 Å². The van der Waals surface area contributed by atoms with Crippen LogP contribution in [0.15, 0.2) is 0 Å². The lowest BCUT2D eigenvalue weighted by Crippen LogP contribution is -2.36. The van der Waals surface area contributed by atoms with E-state index in [-0.39, 0.29) is 0 Å². The van der Waals surface area contributed by atoms with Crippen LogP contribution in [0.5, 0.6) is 0 Å². The van der Waals surface area contributed by atoms with Crippen molar-refractivity contribution in [2.45, 2.75) is 58.8 Å². The third-order valence-corrected chi connectivity index (χ3v) is 5.18. The molecule has 2 heterocycles. The van der Waals surface area contributed by atoms with Gasteiger partial charge in [0.25, 0.3) is 0 Å². The van der Waals surface area contributed by atoms with Crippen LogP contribution in [0.4, 0.5) is 0 Å². The van der Waals surface area contributed by atoms with E-state index in [1.807, 2.05) is 0 Å². The highest BCUT2D eigenvalue weighted by Crippen LogP contribution is 2.38. The smallest absolute Gasteiger partial charge is 0.00437 e. The summed E-state index contributed by atoms with van der Waals surface area (Å²) in [5.74, 6) is 0. The predicted molar refractivity (Wildman–Crippen MR) is 74.3 cm³/mol. The van der Waals surface area contributed by atoms with E-state index in [0.29, 0.717) is 10.8 Å². The van der Waals surface area contributed by atoms with E-state index in [1.165, 1.54) is 71.1 Å². The van der Waals surface area contributed by atoms with E-state index >= 15 is 0 Å². The van der Waals surface area contributed by atoms with Crippen LogP contribution in [0.2, 0.25) is 0 Å². The molecule has 0 unspecified atom stereocenters. The van der Waals surface area contributed by atoms with Crippen LogP contribution in [0.3, 0.4) is 0 Å². The molecule has 0 atom stereocenters. The minimum atomic E-state index is 0.633. The quantitative estimate of drug-likeness (QED) is 0.787. The molecule has 2 rings (SSSR count). The van der Waals surface area contributed by atoms with Gasteiger partial charge in [0, 0.05) is 0 Å². The Morgan fingerprint density at radius 3 is 1.41 bits per heavy atom. The molecule has 0 amide bonds. The molecule has 0 bridgehead atoms. The minimum Gasteiger partial charge on any atom is -0.317 e. The van der Waals surface area contributed by atoms with Crippen molar-refractivity contribution in [2.75, 3.05) is 26.2 Å². The van der Waals surface area contributed by atoms with Crippen molar-refractivity contribution in [3.63, 3.8) is 0 Å². The summed E-state index contributed by atoms with van der Waals surface area (Å²) < 4.78 is 0. The molecule has 2 heteroatoms. The molecule has 0 aliphatic carbocycles. The standard InChI is InChI=1S/C15H30N2/c1-14(6-10-16-11-7-14)4-3-5-15(2)8-12-17-13-9-15/h16-17H,3-13H2,1-2H3. The molecule has 2 aliphatic rings. The number of hydrogen-bond donors (Lipinski definition) is 2. The van der Waals surface area contributed by atoms with Crippen molar-refractivity contribution in [3.8, 4) is 0 Å². The first-order chi connectivity index (χ1) is 8.12. The van der Waals surface area contributed by atoms with Crippen molar-refractivity contribution >= 4 is 0 Å². The average Bonchev–Trinajstić information content (AvgIpc) is 2.30. The molecule has 0 saturated carbocycles. The maximum absolute atomic E-state index is 3.48. The van der Waals surface area contributed by atoms with Gasteiger partial charge in [-0.15, -0.1) is 0 Å². The van der Waals surface area contributed by atoms with Crippen molar-refractivity contribution in [3.05, 3.63) is 0 Å². The third-order valence-electron chi connectivity index (χ3n) is 5.18. The van der Waals surface area contributed by atoms with Gasteiger partial charge in [0.05, 0.1) is 0 Å². The summed E-state index contributed by atoms with van der Waals surface area (Å²) in [6, 6.07) is 0. The summed E-state index contributed by atoms with van der Waals surface area (Å²) in [6.45, 7) is 9.93. The average molecular weight is 238 g/mol. The van der Waals surface area contributed by atoms with Gasteiger partial charge < -0.3 is 10.6 Å². The molecule has 2 saturated heterocycles. The van der Waals surface area contributed by atoms with Gasteiger partial charge in [0.1, 0.15) is 0 Å². The predicted octanol–water partition coefficient (Wildman–Crippen LogP) is 2.94. The van der Waals surface area contributed by atoms with E-state index in [4.69, 9.17) is 0 Å². The topological polar surface area (TPSA) is 24.1 Å². The second-order valence-electron chi connectivity index (χ2n) is 6.97. The molecule has 0 aromatic rings. The second kappa shape index (κ2) is 5.71. The molecular formula is C15H30N2. The molecule has 0 radical (unpaired) electrons. The highest BCUT2D eigenvalue weighted by molar-refractivity contribution is 4.84. The van der Waals surface area contributed by atoms with E-state index in [9.17, 15) is 0 Å². The zero-order chi connectivity index (χ0) is 12.2. The zero-order valence-electron chi connectivity index (χ0n) is 11.8. The largest absolute Gasteiger partial charge is 0.317 e. The normalized spacial score (nSPS) is 27.9. The lowest BCUT2D eigenvalue weighted by Gasteiger charge is -2.37. The Morgan fingerprint density at radius 1 is 0.706 bits per heavy atom. The summed E-state index contributed by atoms with van der Waals surface area (Å²) in [7, 11) is 0. The van der Waals surface area contributed by atoms with Crippen LogP contribution < -0.4 is 10.6 Å². The first kappa shape index (κ1) is 13.4. The number of rotatable bonds is 4. The Balaban J connectivity index is 1.70. The molecule has 0 aromatic heterocycles. The second-order valence-corrected chi connectivity index (χ2v) is 6.97. The Morgan fingerprint density at radius 2 is 1.06 bits per heavy atom. The van der Waals surface area contributed by atoms with Gasteiger partial charge in [-0.3, -0.25) is 0 Å². The highest BCUT2D eigenvalue weighted by atomic mass is 14.9. The Bertz CT molecular complexity index is 201. The number of hydrogen-bond acceptors (Lipinski definition) is 2. The van der Waals surface area contributed by atoms with E-state index < -0.39 is 0 Å². The molecule has 2 nitrogen and oxygen atoms in total. The molecule has 0 aromatic carbocycles. The van der Waals surface area contributed by atoms with E-state index in [2.05, 4.69) is 24.5 Å². The maximum atomic E-state index is 3.48. The first-order valence-corrected chi connectivity index (χ1v) is 7.54. The molecular weight excluding hydrogens is 208 g/mol. The fourth-order valence-electron chi connectivity index (χ4n) is 3.50. The fourth-order valence-corrected chi connectivity index (χ4v) is 3.50. The van der Waals surface area contributed by atoms with E-state index in [1.54, 1.807) is 0 Å². The van der Waals surface area contributed by atoms with Crippen molar-refractivity contribution < 1.29 is 0 Å². The minimum absolute atomic E-state index is 0.633. The fraction of sp³-hybridized carbons (Fsp3) is 1.00.